The van der Waals surface area contributed by atoms with Crippen LogP contribution in [0.5, 0.6) is 17.2 Å². The lowest BCUT2D eigenvalue weighted by atomic mass is 9.97. The minimum atomic E-state index is -0.980. The molecule has 0 aliphatic heterocycles. The summed E-state index contributed by atoms with van der Waals surface area (Å²) in [5.74, 6) is 0.668. The molecule has 0 radical (unpaired) electrons. The molecule has 150 valence electrons. The SMILES string of the molecule is C=C(c1cc(OC)c(OC)c(OC)c1)c1ccc2c(c1)cc(/C=C/C(=O)O)n2C. The van der Waals surface area contributed by atoms with E-state index in [1.54, 1.807) is 27.4 Å². The number of benzene rings is 2. The van der Waals surface area contributed by atoms with Gasteiger partial charge in [0.15, 0.2) is 11.5 Å². The summed E-state index contributed by atoms with van der Waals surface area (Å²) >= 11 is 0. The summed E-state index contributed by atoms with van der Waals surface area (Å²) in [6, 6.07) is 11.7. The van der Waals surface area contributed by atoms with Gasteiger partial charge in [-0.3, -0.25) is 0 Å². The maximum Gasteiger partial charge on any atom is 0.328 e. The molecule has 6 heteroatoms. The standard InChI is InChI=1S/C23H23NO5/c1-14(16-12-20(27-3)23(29-5)21(13-16)28-4)15-6-8-19-17(10-15)11-18(24(19)2)7-9-22(25)26/h6-13H,1H2,2-5H3,(H,25,26)/b9-7+. The molecule has 0 aliphatic rings. The first-order valence-corrected chi connectivity index (χ1v) is 8.89. The Balaban J connectivity index is 2.04. The van der Waals surface area contributed by atoms with Gasteiger partial charge in [-0.2, -0.15) is 0 Å². The third kappa shape index (κ3) is 3.82. The quantitative estimate of drug-likeness (QED) is 0.604. The average molecular weight is 393 g/mol. The number of rotatable bonds is 7. The number of aryl methyl sites for hydroxylation is 1. The van der Waals surface area contributed by atoms with Gasteiger partial charge in [-0.15, -0.1) is 0 Å². The van der Waals surface area contributed by atoms with Crippen LogP contribution in [0.25, 0.3) is 22.6 Å². The molecule has 0 spiro atoms. The van der Waals surface area contributed by atoms with Crippen LogP contribution in [0.1, 0.15) is 16.8 Å². The Labute approximate surface area is 169 Å². The van der Waals surface area contributed by atoms with Crippen molar-refractivity contribution in [3.8, 4) is 17.2 Å². The van der Waals surface area contributed by atoms with Crippen LogP contribution in [0.3, 0.4) is 0 Å². The number of hydrogen-bond donors (Lipinski definition) is 1. The van der Waals surface area contributed by atoms with Crippen molar-refractivity contribution in [2.75, 3.05) is 21.3 Å². The number of aromatic nitrogens is 1. The van der Waals surface area contributed by atoms with Crippen LogP contribution in [0.4, 0.5) is 0 Å². The van der Waals surface area contributed by atoms with Gasteiger partial charge < -0.3 is 23.9 Å². The fourth-order valence-corrected chi connectivity index (χ4v) is 3.30. The molecule has 29 heavy (non-hydrogen) atoms. The second-order valence-electron chi connectivity index (χ2n) is 6.47. The minimum Gasteiger partial charge on any atom is -0.493 e. The summed E-state index contributed by atoms with van der Waals surface area (Å²) in [5, 5.41) is 9.86. The zero-order chi connectivity index (χ0) is 21.1. The van der Waals surface area contributed by atoms with Crippen molar-refractivity contribution in [1.82, 2.24) is 4.57 Å². The van der Waals surface area contributed by atoms with E-state index >= 15 is 0 Å². The maximum absolute atomic E-state index is 10.8. The molecule has 0 saturated heterocycles. The molecule has 0 fully saturated rings. The fourth-order valence-electron chi connectivity index (χ4n) is 3.30. The average Bonchev–Trinajstić information content (AvgIpc) is 3.05. The number of nitrogens with zero attached hydrogens (tertiary/aromatic N) is 1. The lowest BCUT2D eigenvalue weighted by molar-refractivity contribution is -0.131. The molecule has 0 unspecified atom stereocenters. The zero-order valence-electron chi connectivity index (χ0n) is 16.9. The van der Waals surface area contributed by atoms with E-state index in [0.29, 0.717) is 17.2 Å². The van der Waals surface area contributed by atoms with E-state index in [0.717, 1.165) is 39.4 Å². The summed E-state index contributed by atoms with van der Waals surface area (Å²) in [6.45, 7) is 4.25. The van der Waals surface area contributed by atoms with Gasteiger partial charge in [-0.1, -0.05) is 12.6 Å². The van der Waals surface area contributed by atoms with Gasteiger partial charge in [0, 0.05) is 29.7 Å². The first kappa shape index (κ1) is 20.1. The van der Waals surface area contributed by atoms with Gasteiger partial charge in [0.05, 0.1) is 21.3 Å². The maximum atomic E-state index is 10.8. The van der Waals surface area contributed by atoms with Crippen molar-refractivity contribution in [2.45, 2.75) is 0 Å². The molecule has 2 aromatic carbocycles. The Morgan fingerprint density at radius 1 is 1.00 bits per heavy atom. The lowest BCUT2D eigenvalue weighted by Gasteiger charge is -2.15. The predicted octanol–water partition coefficient (Wildman–Crippen LogP) is 4.36. The summed E-state index contributed by atoms with van der Waals surface area (Å²) in [7, 11) is 6.62. The number of ether oxygens (including phenoxy) is 3. The van der Waals surface area contributed by atoms with Crippen molar-refractivity contribution >= 4 is 28.5 Å². The van der Waals surface area contributed by atoms with Crippen LogP contribution < -0.4 is 14.2 Å². The van der Waals surface area contributed by atoms with Crippen molar-refractivity contribution in [1.29, 1.82) is 0 Å². The Bertz CT molecular complexity index is 1100. The Hall–Kier alpha value is -3.67. The smallest absolute Gasteiger partial charge is 0.328 e. The van der Waals surface area contributed by atoms with Crippen LogP contribution in [0.15, 0.2) is 49.1 Å². The number of carboxylic acids is 1. The number of methoxy groups -OCH3 is 3. The van der Waals surface area contributed by atoms with E-state index in [2.05, 4.69) is 6.58 Å². The molecular weight excluding hydrogens is 370 g/mol. The predicted molar refractivity (Wildman–Crippen MR) is 114 cm³/mol. The molecule has 3 aromatic rings. The number of carboxylic acid groups (broad SMARTS) is 1. The molecule has 1 N–H and O–H groups in total. The second kappa shape index (κ2) is 8.14. The van der Waals surface area contributed by atoms with Crippen molar-refractivity contribution in [3.05, 3.63) is 65.9 Å². The van der Waals surface area contributed by atoms with Crippen LogP contribution in [-0.2, 0) is 11.8 Å². The van der Waals surface area contributed by atoms with Gasteiger partial charge in [-0.05, 0) is 53.1 Å². The molecule has 1 aromatic heterocycles. The molecule has 0 aliphatic carbocycles. The van der Waals surface area contributed by atoms with E-state index in [4.69, 9.17) is 19.3 Å². The monoisotopic (exact) mass is 393 g/mol. The highest BCUT2D eigenvalue weighted by atomic mass is 16.5. The van der Waals surface area contributed by atoms with E-state index in [-0.39, 0.29) is 0 Å². The van der Waals surface area contributed by atoms with Crippen molar-refractivity contribution in [2.24, 2.45) is 7.05 Å². The van der Waals surface area contributed by atoms with Crippen LogP contribution in [0, 0.1) is 0 Å². The number of carbonyl (C=O) groups is 1. The van der Waals surface area contributed by atoms with Gasteiger partial charge in [-0.25, -0.2) is 4.79 Å². The van der Waals surface area contributed by atoms with Crippen LogP contribution >= 0.6 is 0 Å². The first-order valence-electron chi connectivity index (χ1n) is 8.89. The third-order valence-electron chi connectivity index (χ3n) is 4.84. The Morgan fingerprint density at radius 2 is 1.66 bits per heavy atom. The number of hydrogen-bond acceptors (Lipinski definition) is 4. The van der Waals surface area contributed by atoms with E-state index in [1.165, 1.54) is 0 Å². The Morgan fingerprint density at radius 3 is 2.21 bits per heavy atom. The summed E-state index contributed by atoms with van der Waals surface area (Å²) < 4.78 is 18.2. The minimum absolute atomic E-state index is 0.528. The van der Waals surface area contributed by atoms with E-state index < -0.39 is 5.97 Å². The summed E-state index contributed by atoms with van der Waals surface area (Å²) in [6.07, 6.45) is 2.71. The third-order valence-corrected chi connectivity index (χ3v) is 4.84. The molecule has 0 amide bonds. The highest BCUT2D eigenvalue weighted by Gasteiger charge is 2.16. The fraction of sp³-hybridized carbons (Fsp3) is 0.174. The highest BCUT2D eigenvalue weighted by Crippen LogP contribution is 2.41. The zero-order valence-corrected chi connectivity index (χ0v) is 16.9. The topological polar surface area (TPSA) is 69.9 Å². The van der Waals surface area contributed by atoms with Gasteiger partial charge in [0.1, 0.15) is 0 Å². The first-order chi connectivity index (χ1) is 13.9. The number of aliphatic carboxylic acids is 1. The van der Waals surface area contributed by atoms with Crippen LogP contribution in [0.2, 0.25) is 0 Å². The lowest BCUT2D eigenvalue weighted by Crippen LogP contribution is -1.97. The molecule has 0 bridgehead atoms. The number of fused-ring (bicyclic) bond motifs is 1. The van der Waals surface area contributed by atoms with Gasteiger partial charge >= 0.3 is 5.97 Å². The van der Waals surface area contributed by atoms with E-state index in [1.807, 2.05) is 48.0 Å². The second-order valence-corrected chi connectivity index (χ2v) is 6.47. The molecular formula is C23H23NO5. The largest absolute Gasteiger partial charge is 0.493 e. The molecule has 6 nitrogen and oxygen atoms in total. The van der Waals surface area contributed by atoms with Gasteiger partial charge in [0.2, 0.25) is 5.75 Å². The normalized spacial score (nSPS) is 11.0. The Kier molecular flexibility index (Phi) is 5.64. The molecule has 1 heterocycles. The molecule has 3 rings (SSSR count). The van der Waals surface area contributed by atoms with Crippen LogP contribution in [-0.4, -0.2) is 37.0 Å². The molecule has 0 atom stereocenters. The highest BCUT2D eigenvalue weighted by molar-refractivity contribution is 5.91. The van der Waals surface area contributed by atoms with E-state index in [9.17, 15) is 4.79 Å². The summed E-state index contributed by atoms with van der Waals surface area (Å²) in [4.78, 5) is 10.8. The molecule has 0 saturated carbocycles. The van der Waals surface area contributed by atoms with Gasteiger partial charge in [0.25, 0.3) is 0 Å². The van der Waals surface area contributed by atoms with Crippen molar-refractivity contribution < 1.29 is 24.1 Å². The summed E-state index contributed by atoms with van der Waals surface area (Å²) in [5.41, 5.74) is 4.39. The van der Waals surface area contributed by atoms with Crippen molar-refractivity contribution in [3.63, 3.8) is 0 Å².